The third-order valence-corrected chi connectivity index (χ3v) is 4.05. The number of aliphatic carboxylic acids is 1. The molecular formula is C16H13F4N3O3. The van der Waals surface area contributed by atoms with Crippen LogP contribution in [0.1, 0.15) is 29.5 Å². The van der Waals surface area contributed by atoms with E-state index in [1.165, 1.54) is 24.3 Å². The van der Waals surface area contributed by atoms with Crippen LogP contribution in [0.4, 0.5) is 23.2 Å². The maximum absolute atomic E-state index is 13.2. The van der Waals surface area contributed by atoms with Crippen LogP contribution in [-0.4, -0.2) is 20.6 Å². The molecule has 0 aliphatic carbocycles. The molecule has 0 saturated carbocycles. The van der Waals surface area contributed by atoms with E-state index in [0.29, 0.717) is 12.0 Å². The summed E-state index contributed by atoms with van der Waals surface area (Å²) in [5, 5.41) is 11.6. The van der Waals surface area contributed by atoms with Crippen LogP contribution in [0.2, 0.25) is 0 Å². The Morgan fingerprint density at radius 2 is 1.96 bits per heavy atom. The summed E-state index contributed by atoms with van der Waals surface area (Å²) in [4.78, 5) is 26.9. The van der Waals surface area contributed by atoms with Crippen LogP contribution >= 0.6 is 0 Å². The van der Waals surface area contributed by atoms with Gasteiger partial charge in [0.1, 0.15) is 18.0 Å². The highest BCUT2D eigenvalue weighted by atomic mass is 19.4. The smallest absolute Gasteiger partial charge is 0.449 e. The number of nitrogens with one attached hydrogen (secondary N) is 1. The van der Waals surface area contributed by atoms with Gasteiger partial charge in [-0.3, -0.25) is 14.2 Å². The molecule has 1 unspecified atom stereocenters. The van der Waals surface area contributed by atoms with Crippen LogP contribution in [0.15, 0.2) is 29.1 Å². The molecule has 10 heteroatoms. The Labute approximate surface area is 144 Å². The van der Waals surface area contributed by atoms with Crippen molar-refractivity contribution in [3.8, 4) is 0 Å². The summed E-state index contributed by atoms with van der Waals surface area (Å²) in [5.41, 5.74) is -0.681. The molecule has 1 aromatic heterocycles. The molecule has 2 aromatic rings. The molecule has 3 rings (SSSR count). The van der Waals surface area contributed by atoms with E-state index in [0.717, 1.165) is 0 Å². The molecule has 0 amide bonds. The molecule has 26 heavy (non-hydrogen) atoms. The van der Waals surface area contributed by atoms with Crippen LogP contribution in [0.5, 0.6) is 0 Å². The number of hydrogen-bond donors (Lipinski definition) is 2. The summed E-state index contributed by atoms with van der Waals surface area (Å²) in [5.74, 6) is -3.57. The second-order valence-electron chi connectivity index (χ2n) is 5.83. The highest BCUT2D eigenvalue weighted by Crippen LogP contribution is 2.33. The van der Waals surface area contributed by atoms with Gasteiger partial charge < -0.3 is 10.4 Å². The first-order valence-corrected chi connectivity index (χ1v) is 7.61. The molecule has 0 fully saturated rings. The van der Waals surface area contributed by atoms with Gasteiger partial charge >= 0.3 is 12.1 Å². The number of carboxylic acid groups (broad SMARTS) is 1. The van der Waals surface area contributed by atoms with Crippen molar-refractivity contribution in [2.75, 3.05) is 5.32 Å². The van der Waals surface area contributed by atoms with E-state index in [9.17, 15) is 27.2 Å². The number of fused-ring (bicyclic) bond motifs is 1. The van der Waals surface area contributed by atoms with Gasteiger partial charge in [-0.05, 0) is 30.5 Å². The van der Waals surface area contributed by atoms with Gasteiger partial charge in [0, 0.05) is 0 Å². The Morgan fingerprint density at radius 1 is 1.31 bits per heavy atom. The summed E-state index contributed by atoms with van der Waals surface area (Å²) in [6.45, 7) is -1.16. The van der Waals surface area contributed by atoms with E-state index in [1.807, 2.05) is 0 Å². The van der Waals surface area contributed by atoms with E-state index in [1.54, 1.807) is 0 Å². The first-order chi connectivity index (χ1) is 12.2. The SMILES string of the molecule is O=C(O)Cn1c(C(F)(F)F)nc2c(c1=O)NC(c1ccc(F)cc1)CC2. The molecule has 1 aromatic carbocycles. The van der Waals surface area contributed by atoms with Gasteiger partial charge in [-0.2, -0.15) is 13.2 Å². The third kappa shape index (κ3) is 3.39. The van der Waals surface area contributed by atoms with Gasteiger partial charge in [0.05, 0.1) is 11.7 Å². The fourth-order valence-electron chi connectivity index (χ4n) is 2.90. The molecule has 1 aliphatic heterocycles. The number of benzene rings is 1. The standard InChI is InChI=1S/C16H13F4N3O3/c17-9-3-1-8(2-4-9)10-5-6-11-13(21-10)14(26)23(7-12(24)25)15(22-11)16(18,19)20/h1-4,10,21H,5-7H2,(H,24,25). The van der Waals surface area contributed by atoms with Gasteiger partial charge in [-0.25, -0.2) is 9.37 Å². The van der Waals surface area contributed by atoms with Gasteiger partial charge in [-0.1, -0.05) is 12.1 Å². The van der Waals surface area contributed by atoms with Crippen LogP contribution in [0.3, 0.4) is 0 Å². The zero-order chi connectivity index (χ0) is 19.1. The van der Waals surface area contributed by atoms with Crippen molar-refractivity contribution < 1.29 is 27.5 Å². The number of aromatic nitrogens is 2. The molecule has 0 radical (unpaired) electrons. The van der Waals surface area contributed by atoms with Crippen LogP contribution < -0.4 is 10.9 Å². The normalized spacial score (nSPS) is 16.7. The number of nitrogens with zero attached hydrogens (tertiary/aromatic N) is 2. The number of hydrogen-bond acceptors (Lipinski definition) is 4. The van der Waals surface area contributed by atoms with Gasteiger partial charge in [0.25, 0.3) is 5.56 Å². The van der Waals surface area contributed by atoms with Crippen LogP contribution in [0.25, 0.3) is 0 Å². The van der Waals surface area contributed by atoms with Crippen molar-refractivity contribution in [2.24, 2.45) is 0 Å². The predicted molar refractivity (Wildman–Crippen MR) is 82.2 cm³/mol. The molecule has 0 bridgehead atoms. The largest absolute Gasteiger partial charge is 0.480 e. The Hall–Kier alpha value is -2.91. The molecule has 0 spiro atoms. The zero-order valence-electron chi connectivity index (χ0n) is 13.2. The number of carbonyl (C=O) groups is 1. The van der Waals surface area contributed by atoms with E-state index >= 15 is 0 Å². The average Bonchev–Trinajstić information content (AvgIpc) is 2.56. The van der Waals surface area contributed by atoms with Crippen LogP contribution in [-0.2, 0) is 23.9 Å². The Morgan fingerprint density at radius 3 is 2.54 bits per heavy atom. The molecule has 138 valence electrons. The summed E-state index contributed by atoms with van der Waals surface area (Å²) in [6.07, 6.45) is -4.51. The van der Waals surface area contributed by atoms with Crippen molar-refractivity contribution in [1.29, 1.82) is 0 Å². The van der Waals surface area contributed by atoms with Crippen molar-refractivity contribution in [2.45, 2.75) is 31.6 Å². The lowest BCUT2D eigenvalue weighted by molar-refractivity contribution is -0.150. The molecular weight excluding hydrogens is 358 g/mol. The minimum absolute atomic E-state index is 0.0673. The fraction of sp³-hybridized carbons (Fsp3) is 0.312. The highest BCUT2D eigenvalue weighted by Gasteiger charge is 2.39. The Bertz CT molecular complexity index is 907. The number of carboxylic acids is 1. The minimum Gasteiger partial charge on any atom is -0.480 e. The number of alkyl halides is 3. The zero-order valence-corrected chi connectivity index (χ0v) is 13.2. The second kappa shape index (κ2) is 6.43. The quantitative estimate of drug-likeness (QED) is 0.811. The number of aryl methyl sites for hydroxylation is 1. The minimum atomic E-state index is -4.96. The Balaban J connectivity index is 2.06. The number of anilines is 1. The molecule has 1 aliphatic rings. The molecule has 1 atom stereocenters. The summed E-state index contributed by atoms with van der Waals surface area (Å²) in [6, 6.07) is 5.06. The van der Waals surface area contributed by atoms with E-state index < -0.39 is 41.9 Å². The summed E-state index contributed by atoms with van der Waals surface area (Å²) in [7, 11) is 0. The average molecular weight is 371 g/mol. The maximum Gasteiger partial charge on any atom is 0.449 e. The van der Waals surface area contributed by atoms with Crippen LogP contribution in [0, 0.1) is 5.82 Å². The monoisotopic (exact) mass is 371 g/mol. The fourth-order valence-corrected chi connectivity index (χ4v) is 2.90. The third-order valence-electron chi connectivity index (χ3n) is 4.05. The van der Waals surface area contributed by atoms with E-state index in [2.05, 4.69) is 10.3 Å². The summed E-state index contributed by atoms with van der Waals surface area (Å²) < 4.78 is 52.6. The molecule has 6 nitrogen and oxygen atoms in total. The first-order valence-electron chi connectivity index (χ1n) is 7.61. The number of rotatable bonds is 3. The van der Waals surface area contributed by atoms with Crippen molar-refractivity contribution >= 4 is 11.7 Å². The summed E-state index contributed by atoms with van der Waals surface area (Å²) >= 11 is 0. The lowest BCUT2D eigenvalue weighted by Gasteiger charge is -2.27. The lowest BCUT2D eigenvalue weighted by atomic mass is 9.96. The highest BCUT2D eigenvalue weighted by molar-refractivity contribution is 5.67. The predicted octanol–water partition coefficient (Wildman–Crippen LogP) is 2.59. The Kier molecular flexibility index (Phi) is 4.43. The van der Waals surface area contributed by atoms with E-state index in [-0.39, 0.29) is 22.4 Å². The van der Waals surface area contributed by atoms with Crippen molar-refractivity contribution in [1.82, 2.24) is 9.55 Å². The van der Waals surface area contributed by atoms with Crippen molar-refractivity contribution in [3.63, 3.8) is 0 Å². The maximum atomic E-state index is 13.2. The lowest BCUT2D eigenvalue weighted by Crippen LogP contribution is -2.37. The van der Waals surface area contributed by atoms with Gasteiger partial charge in [0.15, 0.2) is 0 Å². The first kappa shape index (κ1) is 17.9. The van der Waals surface area contributed by atoms with Crippen molar-refractivity contribution in [3.05, 3.63) is 57.5 Å². The molecule has 2 N–H and O–H groups in total. The molecule has 0 saturated heterocycles. The van der Waals surface area contributed by atoms with E-state index in [4.69, 9.17) is 5.11 Å². The van der Waals surface area contributed by atoms with Gasteiger partial charge in [0.2, 0.25) is 5.82 Å². The second-order valence-corrected chi connectivity index (χ2v) is 5.83. The van der Waals surface area contributed by atoms with Gasteiger partial charge in [-0.15, -0.1) is 0 Å². The topological polar surface area (TPSA) is 84.2 Å². The number of halogens is 4. The molecule has 2 heterocycles.